The van der Waals surface area contributed by atoms with Crippen molar-refractivity contribution in [2.45, 2.75) is 26.2 Å². The van der Waals surface area contributed by atoms with Crippen LogP contribution in [0.1, 0.15) is 26.2 Å². The van der Waals surface area contributed by atoms with Crippen molar-refractivity contribution in [3.63, 3.8) is 0 Å². The average molecular weight is 289 g/mol. The van der Waals surface area contributed by atoms with Gasteiger partial charge in [0.25, 0.3) is 0 Å². The van der Waals surface area contributed by atoms with Gasteiger partial charge in [-0.05, 0) is 31.6 Å². The first-order valence-electron chi connectivity index (χ1n) is 7.74. The van der Waals surface area contributed by atoms with E-state index in [1.807, 2.05) is 16.8 Å². The maximum absolute atomic E-state index is 9.42. The summed E-state index contributed by atoms with van der Waals surface area (Å²) in [4.78, 5) is 8.97. The molecule has 0 radical (unpaired) electrons. The molecule has 0 saturated heterocycles. The zero-order valence-electron chi connectivity index (χ0n) is 12.4. The van der Waals surface area contributed by atoms with Crippen molar-refractivity contribution < 1.29 is 5.11 Å². The van der Waals surface area contributed by atoms with Crippen LogP contribution in [0.25, 0.3) is 5.65 Å². The third-order valence-corrected chi connectivity index (χ3v) is 4.31. The number of hydrogen-bond donors (Lipinski definition) is 3. The summed E-state index contributed by atoms with van der Waals surface area (Å²) in [5.41, 5.74) is 0.843. The Balaban J connectivity index is 1.77. The van der Waals surface area contributed by atoms with Gasteiger partial charge in [0.15, 0.2) is 11.5 Å². The number of hydrogen-bond acceptors (Lipinski definition) is 5. The summed E-state index contributed by atoms with van der Waals surface area (Å²) in [6.45, 7) is 4.02. The van der Waals surface area contributed by atoms with Crippen molar-refractivity contribution in [3.8, 4) is 0 Å². The van der Waals surface area contributed by atoms with Crippen LogP contribution in [0.2, 0.25) is 0 Å². The Morgan fingerprint density at radius 1 is 1.33 bits per heavy atom. The first-order valence-corrected chi connectivity index (χ1v) is 7.74. The fraction of sp³-hybridized carbons (Fsp3) is 0.600. The van der Waals surface area contributed by atoms with E-state index in [-0.39, 0.29) is 6.61 Å². The lowest BCUT2D eigenvalue weighted by atomic mass is 9.97. The Morgan fingerprint density at radius 3 is 3.00 bits per heavy atom. The quantitative estimate of drug-likeness (QED) is 0.758. The molecule has 0 amide bonds. The summed E-state index contributed by atoms with van der Waals surface area (Å²) in [5, 5.41) is 16.1. The number of rotatable bonds is 6. The van der Waals surface area contributed by atoms with Gasteiger partial charge in [-0.2, -0.15) is 0 Å². The van der Waals surface area contributed by atoms with Crippen molar-refractivity contribution >= 4 is 17.3 Å². The molecule has 6 nitrogen and oxygen atoms in total. The zero-order chi connectivity index (χ0) is 14.7. The molecule has 0 aromatic carbocycles. The molecule has 2 aromatic rings. The third kappa shape index (κ3) is 2.95. The predicted octanol–water partition coefficient (Wildman–Crippen LogP) is 1.98. The number of aliphatic hydroxyl groups excluding tert-OH is 1. The minimum Gasteiger partial charge on any atom is -0.396 e. The van der Waals surface area contributed by atoms with Gasteiger partial charge in [0, 0.05) is 32.1 Å². The van der Waals surface area contributed by atoms with Crippen molar-refractivity contribution in [2.75, 3.05) is 30.3 Å². The summed E-state index contributed by atoms with van der Waals surface area (Å²) >= 11 is 0. The first-order chi connectivity index (χ1) is 10.3. The topological polar surface area (TPSA) is 74.5 Å². The maximum Gasteiger partial charge on any atom is 0.180 e. The minimum absolute atomic E-state index is 0.288. The number of nitrogens with zero attached hydrogens (tertiary/aromatic N) is 3. The number of aliphatic hydroxyl groups is 1. The molecule has 0 aliphatic heterocycles. The van der Waals surface area contributed by atoms with Gasteiger partial charge in [0.2, 0.25) is 0 Å². The van der Waals surface area contributed by atoms with Crippen LogP contribution in [0.4, 0.5) is 11.6 Å². The molecule has 2 heterocycles. The van der Waals surface area contributed by atoms with Gasteiger partial charge in [-0.3, -0.25) is 0 Å². The lowest BCUT2D eigenvalue weighted by molar-refractivity contribution is 0.199. The monoisotopic (exact) mass is 289 g/mol. The van der Waals surface area contributed by atoms with Crippen LogP contribution >= 0.6 is 0 Å². The number of nitrogens with one attached hydrogen (secondary N) is 2. The Bertz CT molecular complexity index is 597. The fourth-order valence-corrected chi connectivity index (χ4v) is 3.17. The molecule has 2 aromatic heterocycles. The fourth-order valence-electron chi connectivity index (χ4n) is 3.17. The molecule has 1 aliphatic rings. The smallest absolute Gasteiger partial charge is 0.180 e. The second-order valence-corrected chi connectivity index (χ2v) is 5.68. The van der Waals surface area contributed by atoms with E-state index in [4.69, 9.17) is 0 Å². The van der Waals surface area contributed by atoms with Crippen molar-refractivity contribution in [1.82, 2.24) is 14.4 Å². The Morgan fingerprint density at radius 2 is 2.19 bits per heavy atom. The van der Waals surface area contributed by atoms with Gasteiger partial charge in [-0.25, -0.2) is 9.97 Å². The van der Waals surface area contributed by atoms with Crippen molar-refractivity contribution in [1.29, 1.82) is 0 Å². The van der Waals surface area contributed by atoms with E-state index in [2.05, 4.69) is 27.5 Å². The molecule has 1 saturated carbocycles. The molecule has 2 unspecified atom stereocenters. The molecular weight excluding hydrogens is 266 g/mol. The number of anilines is 2. The zero-order valence-corrected chi connectivity index (χ0v) is 12.4. The average Bonchev–Trinajstić information content (AvgIpc) is 3.13. The van der Waals surface area contributed by atoms with Crippen molar-refractivity contribution in [2.24, 2.45) is 11.8 Å². The molecule has 114 valence electrons. The maximum atomic E-state index is 9.42. The van der Waals surface area contributed by atoms with Gasteiger partial charge >= 0.3 is 0 Å². The standard InChI is InChI=1S/C15H23N5O/c1-2-16-13-9-20-7-6-17-15(20)14(19-13)18-8-11-4-3-5-12(11)10-21/h6-7,9,11-12,16,21H,2-5,8,10H2,1H3,(H,18,19). The summed E-state index contributed by atoms with van der Waals surface area (Å²) < 4.78 is 1.98. The molecule has 0 spiro atoms. The van der Waals surface area contributed by atoms with Gasteiger partial charge in [-0.1, -0.05) is 6.42 Å². The second-order valence-electron chi connectivity index (χ2n) is 5.68. The normalized spacial score (nSPS) is 21.8. The molecule has 3 N–H and O–H groups in total. The molecule has 1 fully saturated rings. The number of aromatic nitrogens is 3. The van der Waals surface area contributed by atoms with Crippen molar-refractivity contribution in [3.05, 3.63) is 18.6 Å². The van der Waals surface area contributed by atoms with E-state index in [0.29, 0.717) is 11.8 Å². The van der Waals surface area contributed by atoms with Crippen LogP contribution < -0.4 is 10.6 Å². The van der Waals surface area contributed by atoms with Gasteiger partial charge in [0.05, 0.1) is 6.20 Å². The number of imidazole rings is 1. The third-order valence-electron chi connectivity index (χ3n) is 4.31. The van der Waals surface area contributed by atoms with Gasteiger partial charge < -0.3 is 20.1 Å². The van der Waals surface area contributed by atoms with Gasteiger partial charge in [-0.15, -0.1) is 0 Å². The van der Waals surface area contributed by atoms with E-state index in [0.717, 1.165) is 36.8 Å². The molecule has 0 bridgehead atoms. The Labute approximate surface area is 124 Å². The van der Waals surface area contributed by atoms with Crippen LogP contribution in [0.5, 0.6) is 0 Å². The molecule has 1 aliphatic carbocycles. The molecule has 21 heavy (non-hydrogen) atoms. The highest BCUT2D eigenvalue weighted by Gasteiger charge is 2.26. The van der Waals surface area contributed by atoms with E-state index in [9.17, 15) is 5.11 Å². The highest BCUT2D eigenvalue weighted by atomic mass is 16.3. The highest BCUT2D eigenvalue weighted by molar-refractivity contribution is 5.65. The minimum atomic E-state index is 0.288. The summed E-state index contributed by atoms with van der Waals surface area (Å²) in [6, 6.07) is 0. The van der Waals surface area contributed by atoms with E-state index < -0.39 is 0 Å². The summed E-state index contributed by atoms with van der Waals surface area (Å²) in [5.74, 6) is 2.59. The summed E-state index contributed by atoms with van der Waals surface area (Å²) in [7, 11) is 0. The van der Waals surface area contributed by atoms with E-state index in [1.54, 1.807) is 6.20 Å². The van der Waals surface area contributed by atoms with E-state index in [1.165, 1.54) is 12.8 Å². The largest absolute Gasteiger partial charge is 0.396 e. The Kier molecular flexibility index (Phi) is 4.24. The molecule has 3 rings (SSSR count). The van der Waals surface area contributed by atoms with Gasteiger partial charge in [0.1, 0.15) is 5.82 Å². The van der Waals surface area contributed by atoms with Crippen LogP contribution in [0.3, 0.4) is 0 Å². The Hall–Kier alpha value is -1.82. The lowest BCUT2D eigenvalue weighted by Gasteiger charge is -2.18. The summed E-state index contributed by atoms with van der Waals surface area (Å²) in [6.07, 6.45) is 9.17. The number of fused-ring (bicyclic) bond motifs is 1. The molecule has 2 atom stereocenters. The molecular formula is C15H23N5O. The highest BCUT2D eigenvalue weighted by Crippen LogP contribution is 2.31. The van der Waals surface area contributed by atoms with E-state index >= 15 is 0 Å². The van der Waals surface area contributed by atoms with Crippen LogP contribution in [0.15, 0.2) is 18.6 Å². The predicted molar refractivity (Wildman–Crippen MR) is 83.6 cm³/mol. The molecule has 6 heteroatoms. The lowest BCUT2D eigenvalue weighted by Crippen LogP contribution is -2.21. The van der Waals surface area contributed by atoms with Crippen LogP contribution in [-0.4, -0.2) is 39.2 Å². The van der Waals surface area contributed by atoms with Crippen LogP contribution in [0, 0.1) is 11.8 Å². The second kappa shape index (κ2) is 6.30. The first kappa shape index (κ1) is 14.1. The SMILES string of the molecule is CCNc1cn2ccnc2c(NCC2CCCC2CO)n1. The van der Waals surface area contributed by atoms with Crippen LogP contribution in [-0.2, 0) is 0 Å².